The summed E-state index contributed by atoms with van der Waals surface area (Å²) >= 11 is 3.17. The van der Waals surface area contributed by atoms with Crippen molar-refractivity contribution in [1.82, 2.24) is 0 Å². The van der Waals surface area contributed by atoms with Crippen LogP contribution in [0, 0.1) is 0 Å². The van der Waals surface area contributed by atoms with Crippen LogP contribution in [0.3, 0.4) is 0 Å². The van der Waals surface area contributed by atoms with E-state index in [2.05, 4.69) is 5.32 Å². The Morgan fingerprint density at radius 2 is 2.05 bits per heavy atom. The monoisotopic (exact) mass is 288 g/mol. The number of carbonyl (C=O) groups excluding carboxylic acids is 1. The van der Waals surface area contributed by atoms with Gasteiger partial charge in [0.25, 0.3) is 0 Å². The molecule has 3 aromatic rings. The molecule has 3 N–H and O–H groups in total. The van der Waals surface area contributed by atoms with Gasteiger partial charge in [-0.05, 0) is 46.5 Å². The molecule has 0 saturated carbocycles. The largest absolute Gasteiger partial charge is 0.324 e. The summed E-state index contributed by atoms with van der Waals surface area (Å²) in [5, 5.41) is 7.94. The SMILES string of the molecule is NC(C(=O)Nc1ccc2sccc2c1)c1cccs1. The summed E-state index contributed by atoms with van der Waals surface area (Å²) in [5.41, 5.74) is 6.70. The number of amides is 1. The predicted octanol–water partition coefficient (Wildman–Crippen LogP) is 3.60. The summed E-state index contributed by atoms with van der Waals surface area (Å²) < 4.78 is 1.21. The zero-order valence-corrected chi connectivity index (χ0v) is 11.6. The van der Waals surface area contributed by atoms with Gasteiger partial charge in [0.05, 0.1) is 0 Å². The van der Waals surface area contributed by atoms with Crippen molar-refractivity contribution in [2.45, 2.75) is 6.04 Å². The fraction of sp³-hybridized carbons (Fsp3) is 0.0714. The molecule has 5 heteroatoms. The van der Waals surface area contributed by atoms with Gasteiger partial charge in [0.1, 0.15) is 6.04 Å². The Balaban J connectivity index is 1.78. The van der Waals surface area contributed by atoms with Crippen LogP contribution in [0.2, 0.25) is 0 Å². The fourth-order valence-electron chi connectivity index (χ4n) is 1.86. The van der Waals surface area contributed by atoms with Crippen molar-refractivity contribution in [2.24, 2.45) is 5.73 Å². The highest BCUT2D eigenvalue weighted by Gasteiger charge is 2.16. The van der Waals surface area contributed by atoms with Gasteiger partial charge >= 0.3 is 0 Å². The van der Waals surface area contributed by atoms with E-state index in [4.69, 9.17) is 5.73 Å². The Labute approximate surface area is 118 Å². The number of nitrogens with one attached hydrogen (secondary N) is 1. The lowest BCUT2D eigenvalue weighted by Gasteiger charge is -2.10. The molecular weight excluding hydrogens is 276 g/mol. The van der Waals surface area contributed by atoms with Crippen molar-refractivity contribution in [3.63, 3.8) is 0 Å². The molecular formula is C14H12N2OS2. The molecule has 0 saturated heterocycles. The molecule has 19 heavy (non-hydrogen) atoms. The Hall–Kier alpha value is -1.69. The van der Waals surface area contributed by atoms with Crippen LogP contribution in [0.25, 0.3) is 10.1 Å². The van der Waals surface area contributed by atoms with E-state index in [1.54, 1.807) is 11.3 Å². The second-order valence-corrected chi connectivity index (χ2v) is 6.08. The highest BCUT2D eigenvalue weighted by molar-refractivity contribution is 7.17. The highest BCUT2D eigenvalue weighted by atomic mass is 32.1. The maximum absolute atomic E-state index is 12.1. The molecule has 1 unspecified atom stereocenters. The number of nitrogens with two attached hydrogens (primary N) is 1. The molecule has 1 aromatic carbocycles. The lowest BCUT2D eigenvalue weighted by atomic mass is 10.2. The Kier molecular flexibility index (Phi) is 3.33. The normalized spacial score (nSPS) is 12.5. The minimum atomic E-state index is -0.613. The van der Waals surface area contributed by atoms with Crippen LogP contribution in [-0.2, 0) is 4.79 Å². The van der Waals surface area contributed by atoms with Gasteiger partial charge in [-0.3, -0.25) is 4.79 Å². The van der Waals surface area contributed by atoms with Crippen LogP contribution >= 0.6 is 22.7 Å². The minimum Gasteiger partial charge on any atom is -0.324 e. The fourth-order valence-corrected chi connectivity index (χ4v) is 3.36. The number of carbonyl (C=O) groups is 1. The third-order valence-corrected chi connectivity index (χ3v) is 4.71. The number of rotatable bonds is 3. The number of anilines is 1. The van der Waals surface area contributed by atoms with E-state index in [1.807, 2.05) is 47.2 Å². The quantitative estimate of drug-likeness (QED) is 0.773. The Morgan fingerprint density at radius 1 is 1.16 bits per heavy atom. The van der Waals surface area contributed by atoms with Crippen LogP contribution in [0.5, 0.6) is 0 Å². The zero-order valence-electron chi connectivity index (χ0n) is 10.00. The van der Waals surface area contributed by atoms with Crippen LogP contribution in [0.15, 0.2) is 47.2 Å². The summed E-state index contributed by atoms with van der Waals surface area (Å²) in [6.07, 6.45) is 0. The Morgan fingerprint density at radius 3 is 2.84 bits per heavy atom. The smallest absolute Gasteiger partial charge is 0.246 e. The molecule has 0 spiro atoms. The standard InChI is InChI=1S/C14H12N2OS2/c15-13(12-2-1-6-18-12)14(17)16-10-3-4-11-9(8-10)5-7-19-11/h1-8,13H,15H2,(H,16,17). The maximum Gasteiger partial charge on any atom is 0.246 e. The van der Waals surface area contributed by atoms with Crippen molar-refractivity contribution in [3.8, 4) is 0 Å². The van der Waals surface area contributed by atoms with Gasteiger partial charge in [0.15, 0.2) is 0 Å². The topological polar surface area (TPSA) is 55.1 Å². The number of thiophene rings is 2. The van der Waals surface area contributed by atoms with Crippen LogP contribution in [0.4, 0.5) is 5.69 Å². The molecule has 3 rings (SSSR count). The maximum atomic E-state index is 12.1. The van der Waals surface area contributed by atoms with Crippen molar-refractivity contribution in [2.75, 3.05) is 5.32 Å². The molecule has 0 aliphatic carbocycles. The summed E-state index contributed by atoms with van der Waals surface area (Å²) in [6, 6.07) is 11.1. The number of fused-ring (bicyclic) bond motifs is 1. The second kappa shape index (κ2) is 5.13. The third kappa shape index (κ3) is 2.53. The lowest BCUT2D eigenvalue weighted by Crippen LogP contribution is -2.26. The molecule has 0 fully saturated rings. The van der Waals surface area contributed by atoms with E-state index in [1.165, 1.54) is 16.0 Å². The van der Waals surface area contributed by atoms with Crippen molar-refractivity contribution >= 4 is 44.4 Å². The van der Waals surface area contributed by atoms with Gasteiger partial charge in [-0.25, -0.2) is 0 Å². The van der Waals surface area contributed by atoms with Gasteiger partial charge < -0.3 is 11.1 Å². The van der Waals surface area contributed by atoms with Crippen molar-refractivity contribution in [3.05, 3.63) is 52.0 Å². The first kappa shape index (κ1) is 12.3. The van der Waals surface area contributed by atoms with E-state index in [0.717, 1.165) is 16.0 Å². The minimum absolute atomic E-state index is 0.183. The first-order valence-electron chi connectivity index (χ1n) is 5.81. The molecule has 3 nitrogen and oxygen atoms in total. The lowest BCUT2D eigenvalue weighted by molar-refractivity contribution is -0.117. The van der Waals surface area contributed by atoms with E-state index in [0.29, 0.717) is 0 Å². The molecule has 96 valence electrons. The van der Waals surface area contributed by atoms with E-state index >= 15 is 0 Å². The van der Waals surface area contributed by atoms with Crippen LogP contribution in [-0.4, -0.2) is 5.91 Å². The van der Waals surface area contributed by atoms with Gasteiger partial charge in [0.2, 0.25) is 5.91 Å². The van der Waals surface area contributed by atoms with Gasteiger partial charge in [-0.1, -0.05) is 6.07 Å². The summed E-state index contributed by atoms with van der Waals surface area (Å²) in [5.74, 6) is -0.183. The molecule has 1 atom stereocenters. The van der Waals surface area contributed by atoms with E-state index < -0.39 is 6.04 Å². The van der Waals surface area contributed by atoms with Crippen molar-refractivity contribution < 1.29 is 4.79 Å². The number of benzene rings is 1. The third-order valence-electron chi connectivity index (χ3n) is 2.85. The molecule has 0 radical (unpaired) electrons. The van der Waals surface area contributed by atoms with Crippen molar-refractivity contribution in [1.29, 1.82) is 0 Å². The molecule has 0 aliphatic rings. The predicted molar refractivity (Wildman–Crippen MR) is 81.7 cm³/mol. The molecule has 0 aliphatic heterocycles. The molecule has 2 heterocycles. The zero-order chi connectivity index (χ0) is 13.2. The first-order chi connectivity index (χ1) is 9.24. The van der Waals surface area contributed by atoms with Gasteiger partial charge in [0, 0.05) is 15.3 Å². The highest BCUT2D eigenvalue weighted by Crippen LogP contribution is 2.25. The average Bonchev–Trinajstić information content (AvgIpc) is 3.08. The molecule has 2 aromatic heterocycles. The molecule has 1 amide bonds. The number of hydrogen-bond acceptors (Lipinski definition) is 4. The second-order valence-electron chi connectivity index (χ2n) is 4.16. The van der Waals surface area contributed by atoms with Crippen LogP contribution < -0.4 is 11.1 Å². The van der Waals surface area contributed by atoms with Crippen LogP contribution in [0.1, 0.15) is 10.9 Å². The summed E-state index contributed by atoms with van der Waals surface area (Å²) in [4.78, 5) is 12.9. The molecule has 0 bridgehead atoms. The van der Waals surface area contributed by atoms with E-state index in [9.17, 15) is 4.79 Å². The summed E-state index contributed by atoms with van der Waals surface area (Å²) in [6.45, 7) is 0. The average molecular weight is 288 g/mol. The van der Waals surface area contributed by atoms with Gasteiger partial charge in [-0.2, -0.15) is 0 Å². The first-order valence-corrected chi connectivity index (χ1v) is 7.57. The summed E-state index contributed by atoms with van der Waals surface area (Å²) in [7, 11) is 0. The van der Waals surface area contributed by atoms with Gasteiger partial charge in [-0.15, -0.1) is 22.7 Å². The Bertz CT molecular complexity index is 703. The van der Waals surface area contributed by atoms with E-state index in [-0.39, 0.29) is 5.91 Å². The number of hydrogen-bond donors (Lipinski definition) is 2.